The summed E-state index contributed by atoms with van der Waals surface area (Å²) in [5.41, 5.74) is 0. The van der Waals surface area contributed by atoms with Crippen LogP contribution in [0.1, 0.15) is 6.42 Å². The van der Waals surface area contributed by atoms with Crippen LogP contribution in [0, 0.1) is 0 Å². The van der Waals surface area contributed by atoms with Gasteiger partial charge in [-0.3, -0.25) is 0 Å². The number of hydrogen-bond acceptors (Lipinski definition) is 2. The Balaban J connectivity index is 2.83. The zero-order valence-corrected chi connectivity index (χ0v) is 4.22. The van der Waals surface area contributed by atoms with Crippen LogP contribution in [0.25, 0.3) is 0 Å². The van der Waals surface area contributed by atoms with Gasteiger partial charge in [-0.2, -0.15) is 0 Å². The summed E-state index contributed by atoms with van der Waals surface area (Å²) in [4.78, 5) is 0. The van der Waals surface area contributed by atoms with E-state index in [2.05, 4.69) is 4.74 Å². The van der Waals surface area contributed by atoms with Crippen LogP contribution in [-0.2, 0) is 4.74 Å². The van der Waals surface area contributed by atoms with E-state index in [1.165, 1.54) is 7.11 Å². The van der Waals surface area contributed by atoms with Crippen molar-refractivity contribution in [2.45, 2.75) is 12.8 Å². The van der Waals surface area contributed by atoms with Crippen LogP contribution in [0.4, 0.5) is 4.39 Å². The second-order valence-corrected chi connectivity index (χ2v) is 1.16. The van der Waals surface area contributed by atoms with E-state index >= 15 is 0 Å². The van der Waals surface area contributed by atoms with E-state index < -0.39 is 6.36 Å². The van der Waals surface area contributed by atoms with Crippen LogP contribution < -0.4 is 0 Å². The van der Waals surface area contributed by atoms with E-state index in [-0.39, 0.29) is 13.0 Å². The van der Waals surface area contributed by atoms with Gasteiger partial charge in [-0.1, -0.05) is 0 Å². The van der Waals surface area contributed by atoms with Gasteiger partial charge in [0.05, 0.1) is 0 Å². The third kappa shape index (κ3) is 3.69. The lowest BCUT2D eigenvalue weighted by molar-refractivity contribution is -0.0205. The predicted molar refractivity (Wildman–Crippen MR) is 23.6 cm³/mol. The van der Waals surface area contributed by atoms with Crippen LogP contribution in [0.2, 0.25) is 0 Å². The van der Waals surface area contributed by atoms with Gasteiger partial charge in [-0.15, -0.1) is 0 Å². The molecule has 0 saturated heterocycles. The number of alkyl halides is 1. The molecule has 7 heavy (non-hydrogen) atoms. The average Bonchev–Trinajstić information content (AvgIpc) is 1.68. The standard InChI is InChI=1S/C4H9FO2/c1-7-4(5)2-3-6/h4,6H,2-3H2,1H3. The van der Waals surface area contributed by atoms with E-state index in [0.717, 1.165) is 0 Å². The molecule has 0 aliphatic carbocycles. The first-order valence-electron chi connectivity index (χ1n) is 2.09. The maximum absolute atomic E-state index is 11.8. The molecule has 3 heteroatoms. The molecule has 0 heterocycles. The summed E-state index contributed by atoms with van der Waals surface area (Å²) in [6.07, 6.45) is -1.23. The molecule has 0 amide bonds. The summed E-state index contributed by atoms with van der Waals surface area (Å²) in [7, 11) is 1.26. The first-order valence-corrected chi connectivity index (χ1v) is 2.09. The molecule has 0 aliphatic rings. The van der Waals surface area contributed by atoms with Crippen LogP contribution in [0.3, 0.4) is 0 Å². The second-order valence-electron chi connectivity index (χ2n) is 1.16. The van der Waals surface area contributed by atoms with Crippen molar-refractivity contribution in [3.8, 4) is 0 Å². The largest absolute Gasteiger partial charge is 0.396 e. The minimum Gasteiger partial charge on any atom is -0.396 e. The lowest BCUT2D eigenvalue weighted by Crippen LogP contribution is -2.04. The van der Waals surface area contributed by atoms with E-state index in [4.69, 9.17) is 5.11 Å². The van der Waals surface area contributed by atoms with Crippen molar-refractivity contribution in [1.82, 2.24) is 0 Å². The fourth-order valence-corrected chi connectivity index (χ4v) is 0.219. The van der Waals surface area contributed by atoms with Crippen molar-refractivity contribution >= 4 is 0 Å². The molecule has 44 valence electrons. The number of rotatable bonds is 3. The molecule has 0 bridgehead atoms. The topological polar surface area (TPSA) is 29.5 Å². The number of ether oxygens (including phenoxy) is 1. The quantitative estimate of drug-likeness (QED) is 0.563. The molecule has 0 rings (SSSR count). The van der Waals surface area contributed by atoms with Crippen molar-refractivity contribution in [3.05, 3.63) is 0 Å². The van der Waals surface area contributed by atoms with Crippen LogP contribution in [-0.4, -0.2) is 25.2 Å². The Bertz CT molecular complexity index is 40.7. The van der Waals surface area contributed by atoms with Crippen molar-refractivity contribution < 1.29 is 14.2 Å². The zero-order chi connectivity index (χ0) is 5.70. The Labute approximate surface area is 41.9 Å². The molecule has 0 radical (unpaired) electrons. The predicted octanol–water partition coefficient (Wildman–Crippen LogP) is 0.311. The van der Waals surface area contributed by atoms with Crippen LogP contribution >= 0.6 is 0 Å². The Morgan fingerprint density at radius 3 is 2.57 bits per heavy atom. The summed E-state index contributed by atoms with van der Waals surface area (Å²) in [5, 5.41) is 8.05. The number of methoxy groups -OCH3 is 1. The summed E-state index contributed by atoms with van der Waals surface area (Å²) >= 11 is 0. The molecule has 1 unspecified atom stereocenters. The third-order valence-corrected chi connectivity index (χ3v) is 0.612. The average molecular weight is 108 g/mol. The van der Waals surface area contributed by atoms with Crippen LogP contribution in [0.5, 0.6) is 0 Å². The molecule has 0 aromatic rings. The first kappa shape index (κ1) is 6.85. The molecule has 2 nitrogen and oxygen atoms in total. The van der Waals surface area contributed by atoms with Gasteiger partial charge < -0.3 is 9.84 Å². The smallest absolute Gasteiger partial charge is 0.200 e. The molecule has 1 N–H and O–H groups in total. The highest BCUT2D eigenvalue weighted by Crippen LogP contribution is 1.94. The molecular formula is C4H9FO2. The van der Waals surface area contributed by atoms with Gasteiger partial charge in [-0.05, 0) is 0 Å². The molecular weight excluding hydrogens is 99.0 g/mol. The molecule has 0 spiro atoms. The maximum atomic E-state index is 11.8. The lowest BCUT2D eigenvalue weighted by atomic mass is 10.5. The first-order chi connectivity index (χ1) is 3.31. The van der Waals surface area contributed by atoms with Crippen LogP contribution in [0.15, 0.2) is 0 Å². The van der Waals surface area contributed by atoms with E-state index in [0.29, 0.717) is 0 Å². The molecule has 0 fully saturated rings. The Morgan fingerprint density at radius 1 is 1.86 bits per heavy atom. The van der Waals surface area contributed by atoms with Crippen molar-refractivity contribution in [2.24, 2.45) is 0 Å². The Hall–Kier alpha value is -0.150. The molecule has 0 aromatic carbocycles. The number of aliphatic hydroxyl groups is 1. The number of aliphatic hydroxyl groups excluding tert-OH is 1. The fourth-order valence-electron chi connectivity index (χ4n) is 0.219. The van der Waals surface area contributed by atoms with Gasteiger partial charge in [0.25, 0.3) is 0 Å². The van der Waals surface area contributed by atoms with Crippen molar-refractivity contribution in [1.29, 1.82) is 0 Å². The number of halogens is 1. The monoisotopic (exact) mass is 108 g/mol. The summed E-state index contributed by atoms with van der Waals surface area (Å²) in [6, 6.07) is 0. The summed E-state index contributed by atoms with van der Waals surface area (Å²) < 4.78 is 15.9. The highest BCUT2D eigenvalue weighted by molar-refractivity contribution is 4.35. The SMILES string of the molecule is COC(F)CCO. The van der Waals surface area contributed by atoms with Crippen molar-refractivity contribution in [2.75, 3.05) is 13.7 Å². The van der Waals surface area contributed by atoms with Gasteiger partial charge in [-0.25, -0.2) is 4.39 Å². The van der Waals surface area contributed by atoms with Gasteiger partial charge in [0.2, 0.25) is 6.36 Å². The van der Waals surface area contributed by atoms with Crippen molar-refractivity contribution in [3.63, 3.8) is 0 Å². The minimum atomic E-state index is -1.30. The van der Waals surface area contributed by atoms with E-state index in [1.54, 1.807) is 0 Å². The normalized spacial score (nSPS) is 14.1. The highest BCUT2D eigenvalue weighted by Gasteiger charge is 1.98. The molecule has 0 saturated carbocycles. The lowest BCUT2D eigenvalue weighted by Gasteiger charge is -1.99. The molecule has 0 aliphatic heterocycles. The highest BCUT2D eigenvalue weighted by atomic mass is 19.1. The molecule has 1 atom stereocenters. The zero-order valence-electron chi connectivity index (χ0n) is 4.22. The third-order valence-electron chi connectivity index (χ3n) is 0.612. The van der Waals surface area contributed by atoms with Gasteiger partial charge in [0.1, 0.15) is 0 Å². The van der Waals surface area contributed by atoms with Gasteiger partial charge in [0.15, 0.2) is 0 Å². The maximum Gasteiger partial charge on any atom is 0.200 e. The molecule has 0 aromatic heterocycles. The van der Waals surface area contributed by atoms with E-state index in [1.807, 2.05) is 0 Å². The second kappa shape index (κ2) is 4.02. The Morgan fingerprint density at radius 2 is 2.43 bits per heavy atom. The van der Waals surface area contributed by atoms with Gasteiger partial charge >= 0.3 is 0 Å². The van der Waals surface area contributed by atoms with Gasteiger partial charge in [0, 0.05) is 20.1 Å². The minimum absolute atomic E-state index is 0.0660. The Kier molecular flexibility index (Phi) is 3.93. The number of hydrogen-bond donors (Lipinski definition) is 1. The van der Waals surface area contributed by atoms with E-state index in [9.17, 15) is 4.39 Å². The summed E-state index contributed by atoms with van der Waals surface area (Å²) in [6.45, 7) is -0.158. The fraction of sp³-hybridized carbons (Fsp3) is 1.00. The summed E-state index contributed by atoms with van der Waals surface area (Å²) in [5.74, 6) is 0.